The van der Waals surface area contributed by atoms with Crippen LogP contribution < -0.4 is 0 Å². The second-order valence-corrected chi connectivity index (χ2v) is 10.3. The number of hydrogen-bond acceptors (Lipinski definition) is 6. The second-order valence-electron chi connectivity index (χ2n) is 10.3. The van der Waals surface area contributed by atoms with Gasteiger partial charge in [0.25, 0.3) is 0 Å². The predicted molar refractivity (Wildman–Crippen MR) is 96.9 cm³/mol. The average Bonchev–Trinajstić information content (AvgIpc) is 3.38. The van der Waals surface area contributed by atoms with E-state index in [1.165, 1.54) is 0 Å². The topological polar surface area (TPSA) is 71.1 Å². The largest absolute Gasteiger partial charge is 0.350 e. The molecule has 0 aromatic carbocycles. The van der Waals surface area contributed by atoms with Crippen LogP contribution in [0.15, 0.2) is 0 Å². The van der Waals surface area contributed by atoms with Crippen LogP contribution in [-0.2, 0) is 28.5 Å². The summed E-state index contributed by atoms with van der Waals surface area (Å²) in [4.78, 5) is 25.7. The highest BCUT2D eigenvalue weighted by Crippen LogP contribution is 2.66. The van der Waals surface area contributed by atoms with Crippen molar-refractivity contribution in [2.24, 2.45) is 35.0 Å². The highest BCUT2D eigenvalue weighted by molar-refractivity contribution is 5.85. The van der Waals surface area contributed by atoms with Gasteiger partial charge in [-0.1, -0.05) is 6.92 Å². The van der Waals surface area contributed by atoms with Crippen LogP contribution in [0.1, 0.15) is 58.3 Å². The zero-order valence-electron chi connectivity index (χ0n) is 16.6. The van der Waals surface area contributed by atoms with E-state index in [2.05, 4.69) is 6.92 Å². The molecule has 2 aliphatic heterocycles. The summed E-state index contributed by atoms with van der Waals surface area (Å²) in [5.41, 5.74) is -0.554. The molecule has 4 aliphatic carbocycles. The number of rotatable bonds is 0. The van der Waals surface area contributed by atoms with E-state index in [0.29, 0.717) is 55.2 Å². The predicted octanol–water partition coefficient (Wildman–Crippen LogP) is 2.83. The lowest BCUT2D eigenvalue weighted by atomic mass is 9.46. The monoisotopic (exact) mass is 390 g/mol. The third-order valence-electron chi connectivity index (χ3n) is 9.54. The summed E-state index contributed by atoms with van der Waals surface area (Å²) in [6, 6.07) is 0. The minimum Gasteiger partial charge on any atom is -0.350 e. The van der Waals surface area contributed by atoms with Crippen LogP contribution >= 0.6 is 0 Å². The SMILES string of the molecule is C[C@]12CCC(=O)C[C@@H]1CC[C@@H]1[C@@H]3CC[C@@]4(OCO[C@]45COCO5)[C@@H]3CC(=O)[C@H]12. The van der Waals surface area contributed by atoms with Gasteiger partial charge in [0.1, 0.15) is 23.8 Å². The van der Waals surface area contributed by atoms with E-state index in [4.69, 9.17) is 18.9 Å². The van der Waals surface area contributed by atoms with Crippen molar-refractivity contribution >= 4 is 11.6 Å². The molecule has 2 saturated heterocycles. The minimum atomic E-state index is -0.835. The first-order valence-electron chi connectivity index (χ1n) is 11.0. The van der Waals surface area contributed by atoms with Crippen LogP contribution in [0.5, 0.6) is 0 Å². The molecular formula is C22H30O6. The van der Waals surface area contributed by atoms with Gasteiger partial charge in [0, 0.05) is 31.1 Å². The number of Topliss-reactive ketones (excluding diaryl/α,β-unsaturated/α-hetero) is 2. The van der Waals surface area contributed by atoms with Gasteiger partial charge in [0.05, 0.1) is 0 Å². The Hall–Kier alpha value is -0.820. The Kier molecular flexibility index (Phi) is 3.77. The molecule has 0 N–H and O–H groups in total. The molecule has 0 bridgehead atoms. The van der Waals surface area contributed by atoms with E-state index in [1.54, 1.807) is 0 Å². The summed E-state index contributed by atoms with van der Waals surface area (Å²) in [5, 5.41) is 0. The maximum absolute atomic E-state index is 13.6. The van der Waals surface area contributed by atoms with Crippen molar-refractivity contribution in [1.82, 2.24) is 0 Å². The average molecular weight is 390 g/mol. The number of fused-ring (bicyclic) bond motifs is 7. The highest BCUT2D eigenvalue weighted by atomic mass is 16.9. The number of carbonyl (C=O) groups is 2. The summed E-state index contributed by atoms with van der Waals surface area (Å²) >= 11 is 0. The Balaban J connectivity index is 1.35. The zero-order valence-corrected chi connectivity index (χ0v) is 16.6. The highest BCUT2D eigenvalue weighted by Gasteiger charge is 2.72. The third kappa shape index (κ3) is 2.08. The maximum Gasteiger partial charge on any atom is 0.226 e. The van der Waals surface area contributed by atoms with Crippen LogP contribution in [0.4, 0.5) is 0 Å². The normalized spacial score (nSPS) is 55.5. The van der Waals surface area contributed by atoms with E-state index in [1.807, 2.05) is 0 Å². The molecule has 0 aromatic rings. The molecule has 2 heterocycles. The quantitative estimate of drug-likeness (QED) is 0.633. The van der Waals surface area contributed by atoms with Gasteiger partial charge < -0.3 is 18.9 Å². The summed E-state index contributed by atoms with van der Waals surface area (Å²) in [6.45, 7) is 3.14. The van der Waals surface area contributed by atoms with Crippen molar-refractivity contribution in [2.45, 2.75) is 69.7 Å². The van der Waals surface area contributed by atoms with E-state index in [-0.39, 0.29) is 30.8 Å². The molecule has 154 valence electrons. The van der Waals surface area contributed by atoms with Crippen LogP contribution in [0, 0.1) is 35.0 Å². The minimum absolute atomic E-state index is 0.00762. The lowest BCUT2D eigenvalue weighted by Gasteiger charge is -2.57. The Morgan fingerprint density at radius 1 is 0.929 bits per heavy atom. The Morgan fingerprint density at radius 3 is 2.61 bits per heavy atom. The molecule has 6 heteroatoms. The van der Waals surface area contributed by atoms with E-state index in [0.717, 1.165) is 32.1 Å². The summed E-state index contributed by atoms with van der Waals surface area (Å²) in [7, 11) is 0. The smallest absolute Gasteiger partial charge is 0.226 e. The zero-order chi connectivity index (χ0) is 19.1. The molecule has 0 unspecified atom stereocenters. The maximum atomic E-state index is 13.6. The molecule has 6 nitrogen and oxygen atoms in total. The molecule has 0 amide bonds. The summed E-state index contributed by atoms with van der Waals surface area (Å²) in [5.74, 6) is 1.46. The van der Waals surface area contributed by atoms with Gasteiger partial charge in [-0.05, 0) is 55.3 Å². The Morgan fingerprint density at radius 2 is 1.79 bits per heavy atom. The molecule has 4 saturated carbocycles. The van der Waals surface area contributed by atoms with Gasteiger partial charge in [0.2, 0.25) is 5.79 Å². The fraction of sp³-hybridized carbons (Fsp3) is 0.909. The number of hydrogen-bond donors (Lipinski definition) is 0. The Bertz CT molecular complexity index is 708. The molecule has 2 spiro atoms. The van der Waals surface area contributed by atoms with Crippen molar-refractivity contribution in [2.75, 3.05) is 20.2 Å². The summed E-state index contributed by atoms with van der Waals surface area (Å²) < 4.78 is 23.7. The van der Waals surface area contributed by atoms with Gasteiger partial charge in [0.15, 0.2) is 13.6 Å². The molecule has 6 fully saturated rings. The van der Waals surface area contributed by atoms with E-state index < -0.39 is 11.4 Å². The fourth-order valence-electron chi connectivity index (χ4n) is 8.26. The van der Waals surface area contributed by atoms with Crippen molar-refractivity contribution in [3.63, 3.8) is 0 Å². The first-order chi connectivity index (χ1) is 13.5. The number of ether oxygens (including phenoxy) is 4. The number of ketones is 2. The van der Waals surface area contributed by atoms with Gasteiger partial charge in [-0.2, -0.15) is 0 Å². The van der Waals surface area contributed by atoms with Crippen LogP contribution in [0.2, 0.25) is 0 Å². The standard InChI is InChI=1S/C22H30O6/c1-20-6-4-14(23)8-13(20)2-3-16-15-5-7-21(17(15)9-18(24)19(16)20)22(28-12-26-21)10-25-11-27-22/h13,15-17,19H,2-12H2,1H3/t13-,15-,16+,17+,19-,20-,21+,22+/m0/s1. The third-order valence-corrected chi connectivity index (χ3v) is 9.54. The molecule has 28 heavy (non-hydrogen) atoms. The van der Waals surface area contributed by atoms with Crippen LogP contribution in [-0.4, -0.2) is 43.1 Å². The van der Waals surface area contributed by atoms with Gasteiger partial charge in [-0.25, -0.2) is 0 Å². The second kappa shape index (κ2) is 5.87. The van der Waals surface area contributed by atoms with Gasteiger partial charge in [-0.3, -0.25) is 9.59 Å². The Labute approximate surface area is 165 Å². The molecule has 0 radical (unpaired) electrons. The summed E-state index contributed by atoms with van der Waals surface area (Å²) in [6.07, 6.45) is 6.83. The van der Waals surface area contributed by atoms with Gasteiger partial charge in [-0.15, -0.1) is 0 Å². The molecular weight excluding hydrogens is 360 g/mol. The van der Waals surface area contributed by atoms with Crippen molar-refractivity contribution in [3.8, 4) is 0 Å². The van der Waals surface area contributed by atoms with E-state index in [9.17, 15) is 9.59 Å². The van der Waals surface area contributed by atoms with Crippen molar-refractivity contribution in [3.05, 3.63) is 0 Å². The lowest BCUT2D eigenvalue weighted by Crippen LogP contribution is -2.61. The van der Waals surface area contributed by atoms with Crippen LogP contribution in [0.3, 0.4) is 0 Å². The van der Waals surface area contributed by atoms with Crippen molar-refractivity contribution < 1.29 is 28.5 Å². The van der Waals surface area contributed by atoms with Crippen molar-refractivity contribution in [1.29, 1.82) is 0 Å². The van der Waals surface area contributed by atoms with E-state index >= 15 is 0 Å². The molecule has 0 aromatic heterocycles. The molecule has 6 rings (SSSR count). The first-order valence-corrected chi connectivity index (χ1v) is 11.0. The molecule has 8 atom stereocenters. The first kappa shape index (κ1) is 18.0. The van der Waals surface area contributed by atoms with Crippen LogP contribution in [0.25, 0.3) is 0 Å². The lowest BCUT2D eigenvalue weighted by molar-refractivity contribution is -0.226. The molecule has 6 aliphatic rings. The van der Waals surface area contributed by atoms with Gasteiger partial charge >= 0.3 is 0 Å². The number of carbonyl (C=O) groups excluding carboxylic acids is 2. The fourth-order valence-corrected chi connectivity index (χ4v) is 8.26.